The van der Waals surface area contributed by atoms with Crippen LogP contribution >= 0.6 is 11.3 Å². The smallest absolute Gasteiger partial charge is 0.247 e. The summed E-state index contributed by atoms with van der Waals surface area (Å²) in [5.41, 5.74) is 6.23. The van der Waals surface area contributed by atoms with Crippen LogP contribution in [0.15, 0.2) is 47.8 Å². The number of amides is 1. The predicted molar refractivity (Wildman–Crippen MR) is 91.1 cm³/mol. The van der Waals surface area contributed by atoms with Crippen LogP contribution in [0.1, 0.15) is 12.5 Å². The van der Waals surface area contributed by atoms with E-state index in [4.69, 9.17) is 5.73 Å². The predicted octanol–water partition coefficient (Wildman–Crippen LogP) is 2.27. The van der Waals surface area contributed by atoms with Gasteiger partial charge in [-0.05, 0) is 30.0 Å². The van der Waals surface area contributed by atoms with Gasteiger partial charge in [-0.1, -0.05) is 30.3 Å². The van der Waals surface area contributed by atoms with Gasteiger partial charge >= 0.3 is 0 Å². The van der Waals surface area contributed by atoms with Gasteiger partial charge in [0.2, 0.25) is 5.91 Å². The van der Waals surface area contributed by atoms with E-state index in [0.29, 0.717) is 0 Å². The molecule has 22 heavy (non-hydrogen) atoms. The molecule has 1 aromatic heterocycles. The second-order valence-corrected chi connectivity index (χ2v) is 6.73. The first kappa shape index (κ1) is 15.1. The second kappa shape index (κ2) is 6.10. The highest BCUT2D eigenvalue weighted by atomic mass is 32.1. The highest BCUT2D eigenvalue weighted by Gasteiger charge is 2.35. The standard InChI is InChI=1S/C17H21N3OS/c1-17(18,14-6-3-2-4-7-14)16(21)20-11-9-19(10-12-20)15-8-5-13-22-15/h2-8,13H,9-12,18H2,1H3. The van der Waals surface area contributed by atoms with E-state index in [-0.39, 0.29) is 5.91 Å². The normalized spacial score (nSPS) is 18.1. The Kier molecular flexibility index (Phi) is 4.18. The van der Waals surface area contributed by atoms with Crippen molar-refractivity contribution in [1.29, 1.82) is 0 Å². The Labute approximate surface area is 135 Å². The molecule has 1 fully saturated rings. The fourth-order valence-corrected chi connectivity index (χ4v) is 3.60. The Bertz CT molecular complexity index is 617. The first-order chi connectivity index (χ1) is 10.6. The molecule has 4 nitrogen and oxygen atoms in total. The topological polar surface area (TPSA) is 49.6 Å². The van der Waals surface area contributed by atoms with Gasteiger partial charge in [0.15, 0.2) is 0 Å². The maximum Gasteiger partial charge on any atom is 0.247 e. The number of rotatable bonds is 3. The zero-order valence-electron chi connectivity index (χ0n) is 12.7. The lowest BCUT2D eigenvalue weighted by atomic mass is 9.91. The molecule has 3 rings (SSSR count). The maximum absolute atomic E-state index is 12.8. The molecular weight excluding hydrogens is 294 g/mol. The molecule has 0 aliphatic carbocycles. The van der Waals surface area contributed by atoms with Crippen molar-refractivity contribution in [3.05, 3.63) is 53.4 Å². The van der Waals surface area contributed by atoms with E-state index < -0.39 is 5.54 Å². The molecular formula is C17H21N3OS. The van der Waals surface area contributed by atoms with E-state index in [1.165, 1.54) is 5.00 Å². The van der Waals surface area contributed by atoms with Crippen molar-refractivity contribution in [1.82, 2.24) is 4.90 Å². The average molecular weight is 315 g/mol. The number of thiophene rings is 1. The molecule has 1 atom stereocenters. The lowest BCUT2D eigenvalue weighted by Gasteiger charge is -2.39. The van der Waals surface area contributed by atoms with E-state index >= 15 is 0 Å². The molecule has 1 unspecified atom stereocenters. The van der Waals surface area contributed by atoms with Crippen molar-refractivity contribution in [2.75, 3.05) is 31.1 Å². The molecule has 0 bridgehead atoms. The van der Waals surface area contributed by atoms with Crippen LogP contribution in [0.5, 0.6) is 0 Å². The van der Waals surface area contributed by atoms with Crippen LogP contribution in [0.25, 0.3) is 0 Å². The number of nitrogens with two attached hydrogens (primary N) is 1. The van der Waals surface area contributed by atoms with Gasteiger partial charge in [-0.2, -0.15) is 0 Å². The summed E-state index contributed by atoms with van der Waals surface area (Å²) in [6.07, 6.45) is 0. The van der Waals surface area contributed by atoms with E-state index in [2.05, 4.69) is 22.4 Å². The minimum atomic E-state index is -0.966. The molecule has 0 saturated carbocycles. The first-order valence-electron chi connectivity index (χ1n) is 7.51. The molecule has 1 aliphatic heterocycles. The van der Waals surface area contributed by atoms with Gasteiger partial charge < -0.3 is 15.5 Å². The second-order valence-electron chi connectivity index (χ2n) is 5.80. The zero-order chi connectivity index (χ0) is 15.6. The summed E-state index contributed by atoms with van der Waals surface area (Å²) in [6, 6.07) is 13.8. The Morgan fingerprint density at radius 1 is 1.09 bits per heavy atom. The maximum atomic E-state index is 12.8. The molecule has 0 radical (unpaired) electrons. The highest BCUT2D eigenvalue weighted by molar-refractivity contribution is 7.14. The van der Waals surface area contributed by atoms with Crippen molar-refractivity contribution in [3.8, 4) is 0 Å². The van der Waals surface area contributed by atoms with Crippen LogP contribution in [0, 0.1) is 0 Å². The summed E-state index contributed by atoms with van der Waals surface area (Å²) in [4.78, 5) is 17.0. The number of benzene rings is 1. The van der Waals surface area contributed by atoms with Gasteiger partial charge in [-0.15, -0.1) is 11.3 Å². The number of nitrogens with zero attached hydrogens (tertiary/aromatic N) is 2. The number of carbonyl (C=O) groups is 1. The summed E-state index contributed by atoms with van der Waals surface area (Å²) < 4.78 is 0. The molecule has 1 aromatic carbocycles. The third kappa shape index (κ3) is 2.87. The van der Waals surface area contributed by atoms with Crippen LogP contribution in [0.3, 0.4) is 0 Å². The largest absolute Gasteiger partial charge is 0.360 e. The summed E-state index contributed by atoms with van der Waals surface area (Å²) in [5.74, 6) is 0.00419. The zero-order valence-corrected chi connectivity index (χ0v) is 13.6. The SMILES string of the molecule is CC(N)(C(=O)N1CCN(c2cccs2)CC1)c1ccccc1. The van der Waals surface area contributed by atoms with Crippen LogP contribution in [0.4, 0.5) is 5.00 Å². The number of piperazine rings is 1. The minimum absolute atomic E-state index is 0.00419. The average Bonchev–Trinajstić information content (AvgIpc) is 3.09. The van der Waals surface area contributed by atoms with Gasteiger partial charge in [0.1, 0.15) is 5.54 Å². The molecule has 2 aromatic rings. The van der Waals surface area contributed by atoms with Crippen LogP contribution in [-0.4, -0.2) is 37.0 Å². The summed E-state index contributed by atoms with van der Waals surface area (Å²) in [5, 5.41) is 3.35. The monoisotopic (exact) mass is 315 g/mol. The molecule has 1 aliphatic rings. The highest BCUT2D eigenvalue weighted by Crippen LogP contribution is 2.25. The molecule has 2 N–H and O–H groups in total. The Morgan fingerprint density at radius 3 is 2.36 bits per heavy atom. The van der Waals surface area contributed by atoms with E-state index in [1.54, 1.807) is 18.3 Å². The van der Waals surface area contributed by atoms with Crippen molar-refractivity contribution < 1.29 is 4.79 Å². The van der Waals surface area contributed by atoms with E-state index in [1.807, 2.05) is 35.2 Å². The molecule has 0 spiro atoms. The lowest BCUT2D eigenvalue weighted by Crippen LogP contribution is -2.56. The fourth-order valence-electron chi connectivity index (χ4n) is 2.82. The Hall–Kier alpha value is -1.85. The van der Waals surface area contributed by atoms with Gasteiger partial charge in [0.25, 0.3) is 0 Å². The molecule has 116 valence electrons. The fraction of sp³-hybridized carbons (Fsp3) is 0.353. The number of hydrogen-bond donors (Lipinski definition) is 1. The van der Waals surface area contributed by atoms with Gasteiger partial charge in [0.05, 0.1) is 5.00 Å². The Morgan fingerprint density at radius 2 is 1.77 bits per heavy atom. The first-order valence-corrected chi connectivity index (χ1v) is 8.39. The van der Waals surface area contributed by atoms with E-state index in [0.717, 1.165) is 31.7 Å². The van der Waals surface area contributed by atoms with Gasteiger partial charge in [-0.25, -0.2) is 0 Å². The molecule has 1 saturated heterocycles. The number of carbonyl (C=O) groups excluding carboxylic acids is 1. The third-order valence-electron chi connectivity index (χ3n) is 4.20. The van der Waals surface area contributed by atoms with Crippen molar-refractivity contribution in [2.45, 2.75) is 12.5 Å². The third-order valence-corrected chi connectivity index (χ3v) is 5.13. The van der Waals surface area contributed by atoms with Crippen molar-refractivity contribution >= 4 is 22.2 Å². The summed E-state index contributed by atoms with van der Waals surface area (Å²) >= 11 is 1.74. The van der Waals surface area contributed by atoms with Crippen LogP contribution < -0.4 is 10.6 Å². The summed E-state index contributed by atoms with van der Waals surface area (Å²) in [6.45, 7) is 4.96. The van der Waals surface area contributed by atoms with E-state index in [9.17, 15) is 4.79 Å². The summed E-state index contributed by atoms with van der Waals surface area (Å²) in [7, 11) is 0. The molecule has 2 heterocycles. The van der Waals surface area contributed by atoms with Crippen LogP contribution in [0.2, 0.25) is 0 Å². The Balaban J connectivity index is 1.67. The molecule has 5 heteroatoms. The van der Waals surface area contributed by atoms with Crippen molar-refractivity contribution in [2.24, 2.45) is 5.73 Å². The van der Waals surface area contributed by atoms with Crippen LogP contribution in [-0.2, 0) is 10.3 Å². The minimum Gasteiger partial charge on any atom is -0.360 e. The molecule has 1 amide bonds. The number of anilines is 1. The quantitative estimate of drug-likeness (QED) is 0.945. The van der Waals surface area contributed by atoms with Gasteiger partial charge in [0, 0.05) is 26.2 Å². The lowest BCUT2D eigenvalue weighted by molar-refractivity contribution is -0.137. The van der Waals surface area contributed by atoms with Gasteiger partial charge in [-0.3, -0.25) is 4.79 Å². The number of hydrogen-bond acceptors (Lipinski definition) is 4. The van der Waals surface area contributed by atoms with Crippen molar-refractivity contribution in [3.63, 3.8) is 0 Å².